The molecule has 2 aromatic carbocycles. The molecule has 4 nitrogen and oxygen atoms in total. The van der Waals surface area contributed by atoms with Crippen molar-refractivity contribution in [1.82, 2.24) is 4.98 Å². The minimum Gasteiger partial charge on any atom is -0.489 e. The minimum atomic E-state index is -0.841. The molecule has 0 atom stereocenters. The summed E-state index contributed by atoms with van der Waals surface area (Å²) in [5.41, 5.74) is 2.78. The van der Waals surface area contributed by atoms with Crippen LogP contribution in [0.25, 0.3) is 10.9 Å². The quantitative estimate of drug-likeness (QED) is 0.706. The number of rotatable bonds is 5. The molecule has 3 aromatic rings. The highest BCUT2D eigenvalue weighted by molar-refractivity contribution is 5.87. The van der Waals surface area contributed by atoms with Gasteiger partial charge in [0.1, 0.15) is 12.4 Å². The van der Waals surface area contributed by atoms with Gasteiger partial charge in [-0.05, 0) is 29.3 Å². The smallest absolute Gasteiger partial charge is 0.307 e. The SMILES string of the molecule is O=[13C](O)[13CH2]c1[13cH][nH]c2ccc(OCc3ccccc3)cc12. The van der Waals surface area contributed by atoms with Gasteiger partial charge in [-0.3, -0.25) is 4.79 Å². The molecule has 106 valence electrons. The van der Waals surface area contributed by atoms with E-state index in [1.54, 1.807) is 6.20 Å². The Labute approximate surface area is 122 Å². The molecule has 0 aliphatic heterocycles. The molecule has 2 N–H and O–H groups in total. The topological polar surface area (TPSA) is 62.3 Å². The van der Waals surface area contributed by atoms with E-state index in [1.807, 2.05) is 48.5 Å². The fraction of sp³-hybridized carbons (Fsp3) is 0.118. The average molecular weight is 284 g/mol. The second-order valence-corrected chi connectivity index (χ2v) is 4.87. The number of aromatic amines is 1. The van der Waals surface area contributed by atoms with Gasteiger partial charge >= 0.3 is 5.97 Å². The summed E-state index contributed by atoms with van der Waals surface area (Å²) in [4.78, 5) is 13.9. The molecule has 21 heavy (non-hydrogen) atoms. The van der Waals surface area contributed by atoms with Crippen LogP contribution in [0.5, 0.6) is 5.75 Å². The van der Waals surface area contributed by atoms with Crippen molar-refractivity contribution >= 4 is 16.9 Å². The van der Waals surface area contributed by atoms with Crippen molar-refractivity contribution in [1.29, 1.82) is 0 Å². The molecule has 0 radical (unpaired) electrons. The zero-order valence-electron chi connectivity index (χ0n) is 11.4. The van der Waals surface area contributed by atoms with E-state index in [4.69, 9.17) is 9.84 Å². The molecule has 1 aromatic heterocycles. The van der Waals surface area contributed by atoms with Crippen LogP contribution in [0.1, 0.15) is 11.1 Å². The van der Waals surface area contributed by atoms with Crippen LogP contribution in [0.15, 0.2) is 54.7 Å². The fourth-order valence-corrected chi connectivity index (χ4v) is 2.30. The number of carbonyl (C=O) groups is 1. The summed E-state index contributed by atoms with van der Waals surface area (Å²) >= 11 is 0. The van der Waals surface area contributed by atoms with E-state index < -0.39 is 5.97 Å². The molecule has 0 saturated heterocycles. The number of benzene rings is 2. The lowest BCUT2D eigenvalue weighted by molar-refractivity contribution is -0.136. The zero-order valence-corrected chi connectivity index (χ0v) is 11.4. The normalized spacial score (nSPS) is 10.7. The van der Waals surface area contributed by atoms with Crippen molar-refractivity contribution in [2.24, 2.45) is 0 Å². The van der Waals surface area contributed by atoms with Crippen LogP contribution in [0.3, 0.4) is 0 Å². The third-order valence-corrected chi connectivity index (χ3v) is 3.33. The van der Waals surface area contributed by atoms with E-state index in [0.717, 1.165) is 27.8 Å². The maximum Gasteiger partial charge on any atom is 0.307 e. The molecule has 0 unspecified atom stereocenters. The second kappa shape index (κ2) is 5.71. The number of nitrogens with one attached hydrogen (secondary N) is 1. The molecule has 0 amide bonds. The fourth-order valence-electron chi connectivity index (χ4n) is 2.30. The minimum absolute atomic E-state index is 0.00212. The Balaban J connectivity index is 1.81. The third kappa shape index (κ3) is 3.05. The Bertz CT molecular complexity index is 762. The average Bonchev–Trinajstić information content (AvgIpc) is 2.88. The van der Waals surface area contributed by atoms with Crippen molar-refractivity contribution < 1.29 is 14.6 Å². The van der Waals surface area contributed by atoms with Gasteiger partial charge in [-0.2, -0.15) is 0 Å². The van der Waals surface area contributed by atoms with Crippen molar-refractivity contribution in [3.05, 3.63) is 65.9 Å². The number of fused-ring (bicyclic) bond motifs is 1. The molecule has 0 saturated carbocycles. The van der Waals surface area contributed by atoms with Gasteiger partial charge in [0.05, 0.1) is 6.42 Å². The number of aromatic nitrogens is 1. The lowest BCUT2D eigenvalue weighted by atomic mass is 10.2. The van der Waals surface area contributed by atoms with Crippen LogP contribution in [0.4, 0.5) is 0 Å². The number of aliphatic carboxylic acids is 1. The van der Waals surface area contributed by atoms with Crippen LogP contribution in [0, 0.1) is 0 Å². The molecular weight excluding hydrogens is 269 g/mol. The Morgan fingerprint density at radius 2 is 1.95 bits per heavy atom. The zero-order chi connectivity index (χ0) is 14.7. The Morgan fingerprint density at radius 1 is 1.14 bits per heavy atom. The molecule has 3 rings (SSSR count). The van der Waals surface area contributed by atoms with Gasteiger partial charge in [0, 0.05) is 17.1 Å². The van der Waals surface area contributed by atoms with Crippen molar-refractivity contribution in [2.45, 2.75) is 13.0 Å². The number of ether oxygens (including phenoxy) is 1. The molecular formula is C17H15NO3. The third-order valence-electron chi connectivity index (χ3n) is 3.33. The van der Waals surface area contributed by atoms with Gasteiger partial charge in [0.2, 0.25) is 0 Å². The van der Waals surface area contributed by atoms with E-state index in [0.29, 0.717) is 6.61 Å². The highest BCUT2D eigenvalue weighted by Crippen LogP contribution is 2.24. The van der Waals surface area contributed by atoms with E-state index in [2.05, 4.69) is 4.98 Å². The molecule has 1 heterocycles. The maximum absolute atomic E-state index is 10.9. The van der Waals surface area contributed by atoms with E-state index in [1.165, 1.54) is 0 Å². The van der Waals surface area contributed by atoms with Crippen molar-refractivity contribution in [3.8, 4) is 5.75 Å². The summed E-state index contributed by atoms with van der Waals surface area (Å²) in [6.45, 7) is 0.491. The molecule has 0 aliphatic rings. The summed E-state index contributed by atoms with van der Waals surface area (Å²) in [6.07, 6.45) is 1.74. The number of carboxylic acids is 1. The van der Waals surface area contributed by atoms with Crippen LogP contribution >= 0.6 is 0 Å². The summed E-state index contributed by atoms with van der Waals surface area (Å²) in [6, 6.07) is 15.6. The first-order valence-corrected chi connectivity index (χ1v) is 6.71. The van der Waals surface area contributed by atoms with Gasteiger partial charge in [0.25, 0.3) is 0 Å². The standard InChI is InChI=1S/C17H15NO3/c19-17(20)8-13-10-18-16-7-6-14(9-15(13)16)21-11-12-4-2-1-3-5-12/h1-7,9-10,18H,8,11H2,(H,19,20)/i8+1,10+1,17+1. The van der Waals surface area contributed by atoms with E-state index in [-0.39, 0.29) is 6.42 Å². The second-order valence-electron chi connectivity index (χ2n) is 4.87. The van der Waals surface area contributed by atoms with Crippen LogP contribution in [0.2, 0.25) is 0 Å². The lowest BCUT2D eigenvalue weighted by Crippen LogP contribution is -1.99. The van der Waals surface area contributed by atoms with Crippen LogP contribution < -0.4 is 4.74 Å². The maximum atomic E-state index is 10.9. The predicted molar refractivity (Wildman–Crippen MR) is 80.4 cm³/mol. The van der Waals surface area contributed by atoms with Gasteiger partial charge < -0.3 is 14.8 Å². The van der Waals surface area contributed by atoms with Gasteiger partial charge in [0.15, 0.2) is 0 Å². The number of hydrogen-bond acceptors (Lipinski definition) is 2. The highest BCUT2D eigenvalue weighted by atomic mass is 16.5. The number of carboxylic acid groups (broad SMARTS) is 1. The first kappa shape index (κ1) is 13.2. The van der Waals surface area contributed by atoms with E-state index >= 15 is 0 Å². The molecule has 0 aliphatic carbocycles. The Hall–Kier alpha value is -2.75. The first-order chi connectivity index (χ1) is 10.2. The predicted octanol–water partition coefficient (Wildman–Crippen LogP) is 3.37. The largest absolute Gasteiger partial charge is 0.489 e. The summed E-state index contributed by atoms with van der Waals surface area (Å²) in [5, 5.41) is 9.81. The van der Waals surface area contributed by atoms with Crippen LogP contribution in [-0.4, -0.2) is 16.1 Å². The summed E-state index contributed by atoms with van der Waals surface area (Å²) in [5.74, 6) is -0.107. The van der Waals surface area contributed by atoms with E-state index in [9.17, 15) is 4.79 Å². The first-order valence-electron chi connectivity index (χ1n) is 6.71. The molecule has 0 fully saturated rings. The molecule has 0 bridgehead atoms. The Morgan fingerprint density at radius 3 is 2.71 bits per heavy atom. The number of hydrogen-bond donors (Lipinski definition) is 2. The van der Waals surface area contributed by atoms with Gasteiger partial charge in [-0.15, -0.1) is 0 Å². The molecule has 4 heteroatoms. The Kier molecular flexibility index (Phi) is 3.60. The number of H-pyrrole nitrogens is 1. The molecule has 0 spiro atoms. The van der Waals surface area contributed by atoms with Gasteiger partial charge in [-0.25, -0.2) is 0 Å². The highest BCUT2D eigenvalue weighted by Gasteiger charge is 2.08. The van der Waals surface area contributed by atoms with Crippen molar-refractivity contribution in [3.63, 3.8) is 0 Å². The monoisotopic (exact) mass is 284 g/mol. The summed E-state index contributed by atoms with van der Waals surface area (Å²) < 4.78 is 5.77. The lowest BCUT2D eigenvalue weighted by Gasteiger charge is -2.06. The van der Waals surface area contributed by atoms with Crippen LogP contribution in [-0.2, 0) is 17.8 Å². The van der Waals surface area contributed by atoms with Crippen molar-refractivity contribution in [2.75, 3.05) is 0 Å². The van der Waals surface area contributed by atoms with Gasteiger partial charge in [-0.1, -0.05) is 30.3 Å². The summed E-state index contributed by atoms with van der Waals surface area (Å²) in [7, 11) is 0.